The Bertz CT molecular complexity index is 544. The lowest BCUT2D eigenvalue weighted by Crippen LogP contribution is -2.41. The van der Waals surface area contributed by atoms with Crippen molar-refractivity contribution in [3.63, 3.8) is 0 Å². The summed E-state index contributed by atoms with van der Waals surface area (Å²) >= 11 is 0. The van der Waals surface area contributed by atoms with Crippen LogP contribution in [0.5, 0.6) is 0 Å². The van der Waals surface area contributed by atoms with Crippen molar-refractivity contribution in [2.75, 3.05) is 13.2 Å². The van der Waals surface area contributed by atoms with Crippen LogP contribution in [0, 0.1) is 41.4 Å². The van der Waals surface area contributed by atoms with Gasteiger partial charge < -0.3 is 9.47 Å². The summed E-state index contributed by atoms with van der Waals surface area (Å²) in [5.41, 5.74) is 0. The zero-order valence-corrected chi connectivity index (χ0v) is 19.6. The second-order valence-corrected chi connectivity index (χ2v) is 11.2. The van der Waals surface area contributed by atoms with E-state index < -0.39 is 6.08 Å². The van der Waals surface area contributed by atoms with E-state index in [1.54, 1.807) is 0 Å². The van der Waals surface area contributed by atoms with E-state index in [4.69, 9.17) is 9.47 Å². The Morgan fingerprint density at radius 1 is 0.677 bits per heavy atom. The molecule has 0 aromatic carbocycles. The minimum absolute atomic E-state index is 0.0496. The Hall–Kier alpha value is -0.480. The number of ether oxygens (including phenoxy) is 2. The van der Waals surface area contributed by atoms with Gasteiger partial charge in [-0.2, -0.15) is 8.78 Å². The highest BCUT2D eigenvalue weighted by Crippen LogP contribution is 2.44. The minimum Gasteiger partial charge on any atom is -0.352 e. The molecule has 0 unspecified atom stereocenters. The average Bonchev–Trinajstić information content (AvgIpc) is 2.80. The average molecular weight is 439 g/mol. The summed E-state index contributed by atoms with van der Waals surface area (Å²) in [6, 6.07) is 0. The predicted molar refractivity (Wildman–Crippen MR) is 121 cm³/mol. The fraction of sp³-hybridized carbons (Fsp3) is 0.926. The Labute approximate surface area is 188 Å². The molecule has 4 heteroatoms. The Morgan fingerprint density at radius 2 is 1.16 bits per heavy atom. The summed E-state index contributed by atoms with van der Waals surface area (Å²) in [7, 11) is 0. The lowest BCUT2D eigenvalue weighted by Gasteiger charge is -2.42. The molecule has 0 atom stereocenters. The molecular formula is C27H44F2O2. The van der Waals surface area contributed by atoms with Crippen molar-refractivity contribution >= 4 is 0 Å². The smallest absolute Gasteiger partial charge is 0.266 e. The summed E-state index contributed by atoms with van der Waals surface area (Å²) in [6.45, 7) is 4.08. The van der Waals surface area contributed by atoms with Gasteiger partial charge in [-0.15, -0.1) is 0 Å². The first-order chi connectivity index (χ1) is 15.1. The van der Waals surface area contributed by atoms with E-state index >= 15 is 0 Å². The molecule has 0 bridgehead atoms. The van der Waals surface area contributed by atoms with Gasteiger partial charge in [-0.25, -0.2) is 0 Å². The molecule has 3 aliphatic carbocycles. The first-order valence-electron chi connectivity index (χ1n) is 13.4. The minimum atomic E-state index is -1.49. The Kier molecular flexibility index (Phi) is 8.85. The molecule has 0 spiro atoms. The van der Waals surface area contributed by atoms with E-state index in [1.807, 2.05) is 0 Å². The van der Waals surface area contributed by atoms with Crippen LogP contribution in [0.2, 0.25) is 0 Å². The monoisotopic (exact) mass is 438 g/mol. The quantitative estimate of drug-likeness (QED) is 0.418. The third-order valence-electron chi connectivity index (χ3n) is 9.25. The van der Waals surface area contributed by atoms with Crippen LogP contribution in [0.4, 0.5) is 8.78 Å². The summed E-state index contributed by atoms with van der Waals surface area (Å²) < 4.78 is 37.6. The molecular weight excluding hydrogens is 394 g/mol. The Morgan fingerprint density at radius 3 is 1.68 bits per heavy atom. The molecule has 1 heterocycles. The fourth-order valence-corrected chi connectivity index (χ4v) is 7.28. The van der Waals surface area contributed by atoms with Crippen LogP contribution >= 0.6 is 0 Å². The molecule has 0 aromatic heterocycles. The van der Waals surface area contributed by atoms with Crippen molar-refractivity contribution in [1.82, 2.24) is 0 Å². The van der Waals surface area contributed by atoms with Crippen molar-refractivity contribution in [1.29, 1.82) is 0 Å². The molecule has 0 aromatic rings. The molecule has 1 saturated heterocycles. The molecule has 4 fully saturated rings. The lowest BCUT2D eigenvalue weighted by atomic mass is 9.67. The summed E-state index contributed by atoms with van der Waals surface area (Å²) in [5, 5.41) is 0. The van der Waals surface area contributed by atoms with Gasteiger partial charge in [0, 0.05) is 11.8 Å². The molecule has 0 N–H and O–H groups in total. The van der Waals surface area contributed by atoms with Crippen LogP contribution < -0.4 is 0 Å². The van der Waals surface area contributed by atoms with E-state index in [0.717, 1.165) is 62.6 Å². The number of halogens is 2. The van der Waals surface area contributed by atoms with Crippen molar-refractivity contribution < 1.29 is 18.3 Å². The SMILES string of the molecule is CCCC1CCC(C2OCC(C3CCC(C4CCC(C=C(F)F)CC4)CC3)CO2)CC1. The second-order valence-electron chi connectivity index (χ2n) is 11.2. The van der Waals surface area contributed by atoms with E-state index in [9.17, 15) is 8.78 Å². The molecule has 0 radical (unpaired) electrons. The van der Waals surface area contributed by atoms with Crippen LogP contribution in [0.25, 0.3) is 0 Å². The van der Waals surface area contributed by atoms with Gasteiger partial charge in [0.15, 0.2) is 6.29 Å². The van der Waals surface area contributed by atoms with Crippen LogP contribution in [0.1, 0.15) is 96.8 Å². The highest BCUT2D eigenvalue weighted by atomic mass is 19.3. The molecule has 2 nitrogen and oxygen atoms in total. The highest BCUT2D eigenvalue weighted by molar-refractivity contribution is 4.92. The fourth-order valence-electron chi connectivity index (χ4n) is 7.28. The van der Waals surface area contributed by atoms with Gasteiger partial charge in [0.25, 0.3) is 6.08 Å². The van der Waals surface area contributed by atoms with E-state index in [2.05, 4.69) is 6.92 Å². The highest BCUT2D eigenvalue weighted by Gasteiger charge is 2.37. The Balaban J connectivity index is 1.14. The maximum absolute atomic E-state index is 12.5. The molecule has 178 valence electrons. The molecule has 4 aliphatic rings. The predicted octanol–water partition coefficient (Wildman–Crippen LogP) is 7.98. The van der Waals surface area contributed by atoms with Gasteiger partial charge in [-0.05, 0) is 113 Å². The van der Waals surface area contributed by atoms with Gasteiger partial charge >= 0.3 is 0 Å². The van der Waals surface area contributed by atoms with Crippen molar-refractivity contribution in [2.45, 2.75) is 103 Å². The van der Waals surface area contributed by atoms with Crippen LogP contribution in [0.3, 0.4) is 0 Å². The molecule has 1 aliphatic heterocycles. The topological polar surface area (TPSA) is 18.5 Å². The lowest BCUT2D eigenvalue weighted by molar-refractivity contribution is -0.237. The number of rotatable bonds is 6. The maximum Gasteiger partial charge on any atom is 0.266 e. The van der Waals surface area contributed by atoms with Crippen molar-refractivity contribution in [3.05, 3.63) is 12.2 Å². The maximum atomic E-state index is 12.5. The van der Waals surface area contributed by atoms with Gasteiger partial charge in [-0.3, -0.25) is 0 Å². The molecule has 31 heavy (non-hydrogen) atoms. The summed E-state index contributed by atoms with van der Waals surface area (Å²) in [5.74, 6) is 4.56. The van der Waals surface area contributed by atoms with E-state index in [1.165, 1.54) is 70.3 Å². The standard InChI is InChI=1S/C27H44F2O2/c1-2-3-19-4-10-24(11-5-19)27-30-17-25(18-31-27)23-14-12-22(13-15-23)21-8-6-20(7-9-21)16-26(28)29/h16,19-25,27H,2-15,17-18H2,1H3. The molecule has 4 rings (SSSR count). The summed E-state index contributed by atoms with van der Waals surface area (Å²) in [4.78, 5) is 0. The summed E-state index contributed by atoms with van der Waals surface area (Å²) in [6.07, 6.45) is 17.1. The molecule has 0 amide bonds. The zero-order valence-electron chi connectivity index (χ0n) is 19.6. The zero-order chi connectivity index (χ0) is 21.6. The normalized spacial score (nSPS) is 42.2. The number of hydrogen-bond acceptors (Lipinski definition) is 2. The van der Waals surface area contributed by atoms with Gasteiger partial charge in [-0.1, -0.05) is 19.8 Å². The second kappa shape index (κ2) is 11.6. The van der Waals surface area contributed by atoms with E-state index in [-0.39, 0.29) is 12.2 Å². The van der Waals surface area contributed by atoms with Crippen LogP contribution in [-0.4, -0.2) is 19.5 Å². The third-order valence-corrected chi connectivity index (χ3v) is 9.25. The molecule has 3 saturated carbocycles. The van der Waals surface area contributed by atoms with Crippen molar-refractivity contribution in [2.24, 2.45) is 41.4 Å². The largest absolute Gasteiger partial charge is 0.352 e. The first-order valence-corrected chi connectivity index (χ1v) is 13.4. The van der Waals surface area contributed by atoms with Crippen LogP contribution in [0.15, 0.2) is 12.2 Å². The van der Waals surface area contributed by atoms with Crippen molar-refractivity contribution in [3.8, 4) is 0 Å². The first kappa shape index (κ1) is 23.7. The van der Waals surface area contributed by atoms with Gasteiger partial charge in [0.2, 0.25) is 0 Å². The van der Waals surface area contributed by atoms with Gasteiger partial charge in [0.05, 0.1) is 13.2 Å². The van der Waals surface area contributed by atoms with Crippen LogP contribution in [-0.2, 0) is 9.47 Å². The van der Waals surface area contributed by atoms with E-state index in [0.29, 0.717) is 11.8 Å². The third kappa shape index (κ3) is 6.53. The number of hydrogen-bond donors (Lipinski definition) is 0. The number of allylic oxidation sites excluding steroid dienone is 1. The van der Waals surface area contributed by atoms with Gasteiger partial charge in [0.1, 0.15) is 0 Å².